The third-order valence-corrected chi connectivity index (χ3v) is 14.7. The lowest BCUT2D eigenvalue weighted by Crippen LogP contribution is -2.61. The van der Waals surface area contributed by atoms with E-state index in [2.05, 4.69) is 27.7 Å². The molecular formula is C57H119O7P. The maximum absolute atomic E-state index is 12.2. The Morgan fingerprint density at radius 2 is 0.554 bits per heavy atom. The molecule has 1 unspecified atom stereocenters. The van der Waals surface area contributed by atoms with Crippen LogP contribution in [0.4, 0.5) is 0 Å². The highest BCUT2D eigenvalue weighted by Gasteiger charge is 2.55. The van der Waals surface area contributed by atoms with E-state index in [1.165, 1.54) is 250 Å². The minimum atomic E-state index is -2.62. The zero-order valence-electron chi connectivity index (χ0n) is 44.5. The molecule has 0 saturated heterocycles. The first-order valence-corrected chi connectivity index (χ1v) is 30.4. The van der Waals surface area contributed by atoms with Crippen molar-refractivity contribution < 1.29 is 34.7 Å². The van der Waals surface area contributed by atoms with Gasteiger partial charge in [0.25, 0.3) is 0 Å². The lowest BCUT2D eigenvalue weighted by Gasteiger charge is -2.52. The Hall–Kier alpha value is 0.150. The summed E-state index contributed by atoms with van der Waals surface area (Å²) in [4.78, 5) is 21.7. The van der Waals surface area contributed by atoms with E-state index in [9.17, 15) is 15.3 Å². The lowest BCUT2D eigenvalue weighted by molar-refractivity contribution is -0.219. The summed E-state index contributed by atoms with van der Waals surface area (Å²) in [5, 5.41) is 35.0. The van der Waals surface area contributed by atoms with Gasteiger partial charge in [-0.25, -0.2) is 0 Å². The van der Waals surface area contributed by atoms with Crippen LogP contribution in [0.5, 0.6) is 0 Å². The summed E-state index contributed by atoms with van der Waals surface area (Å²) < 4.78 is 7.19. The molecule has 0 aromatic carbocycles. The smallest absolute Gasteiger partial charge is 0.324 e. The molecule has 7 nitrogen and oxygen atoms in total. The molecule has 0 spiro atoms. The summed E-state index contributed by atoms with van der Waals surface area (Å²) in [6.07, 6.45) is 58.5. The minimum absolute atomic E-state index is 0.211. The molecule has 0 rings (SSSR count). The summed E-state index contributed by atoms with van der Waals surface area (Å²) in [5.41, 5.74) is -1.75. The maximum atomic E-state index is 12.2. The van der Waals surface area contributed by atoms with Gasteiger partial charge in [0.05, 0.1) is 30.3 Å². The molecule has 0 aliphatic heterocycles. The van der Waals surface area contributed by atoms with Crippen LogP contribution in [0, 0.1) is 5.41 Å². The summed E-state index contributed by atoms with van der Waals surface area (Å²) in [5.74, 6) is 0. The fourth-order valence-corrected chi connectivity index (χ4v) is 10.2. The van der Waals surface area contributed by atoms with Gasteiger partial charge in [0.1, 0.15) is 0 Å². The van der Waals surface area contributed by atoms with Crippen LogP contribution in [0.15, 0.2) is 0 Å². The largest absolute Gasteiger partial charge is 0.395 e. The van der Waals surface area contributed by atoms with Crippen molar-refractivity contribution in [2.45, 2.75) is 341 Å². The van der Waals surface area contributed by atoms with Crippen molar-refractivity contribution in [3.05, 3.63) is 0 Å². The number of rotatable bonds is 53. The van der Waals surface area contributed by atoms with Crippen LogP contribution in [-0.4, -0.2) is 61.5 Å². The molecule has 0 aromatic rings. The maximum Gasteiger partial charge on any atom is 0.324 e. The average Bonchev–Trinajstić information content (AvgIpc) is 3.29. The van der Waals surface area contributed by atoms with Gasteiger partial charge in [-0.1, -0.05) is 304 Å². The number of aliphatic hydroxyl groups is 3. The first-order valence-electron chi connectivity index (χ1n) is 29.2. The third kappa shape index (κ3) is 41.6. The van der Waals surface area contributed by atoms with Crippen molar-refractivity contribution in [3.8, 4) is 0 Å². The topological polar surface area (TPSA) is 131 Å². The van der Waals surface area contributed by atoms with Crippen molar-refractivity contribution in [1.82, 2.24) is 0 Å². The molecule has 0 aliphatic rings. The number of unbranched alkanes of at least 4 members (excludes halogenated alkanes) is 40. The molecule has 394 valence electrons. The first-order chi connectivity index (χ1) is 31.8. The molecule has 0 heterocycles. The zero-order valence-corrected chi connectivity index (χ0v) is 45.4. The van der Waals surface area contributed by atoms with Crippen molar-refractivity contribution in [2.24, 2.45) is 5.41 Å². The van der Waals surface area contributed by atoms with E-state index in [1.807, 2.05) is 0 Å². The minimum Gasteiger partial charge on any atom is -0.395 e. The van der Waals surface area contributed by atoms with E-state index < -0.39 is 25.7 Å². The Morgan fingerprint density at radius 3 is 0.800 bits per heavy atom. The van der Waals surface area contributed by atoms with E-state index in [0.29, 0.717) is 13.0 Å². The Balaban J connectivity index is 0. The highest BCUT2D eigenvalue weighted by molar-refractivity contribution is 7.38. The number of hydrogen-bond donors (Lipinski definition) is 6. The van der Waals surface area contributed by atoms with E-state index in [-0.39, 0.29) is 13.2 Å². The van der Waals surface area contributed by atoms with Gasteiger partial charge in [0.15, 0.2) is 0 Å². The van der Waals surface area contributed by atoms with Crippen LogP contribution < -0.4 is 0 Å². The zero-order chi connectivity index (χ0) is 48.2. The van der Waals surface area contributed by atoms with Gasteiger partial charge >= 0.3 is 8.60 Å². The van der Waals surface area contributed by atoms with Crippen LogP contribution in [0.25, 0.3) is 0 Å². The van der Waals surface area contributed by atoms with Crippen molar-refractivity contribution in [2.75, 3.05) is 19.8 Å². The van der Waals surface area contributed by atoms with Gasteiger partial charge in [-0.3, -0.25) is 0 Å². The van der Waals surface area contributed by atoms with E-state index in [1.54, 1.807) is 0 Å². The van der Waals surface area contributed by atoms with Crippen LogP contribution in [0.1, 0.15) is 329 Å². The van der Waals surface area contributed by atoms with Crippen molar-refractivity contribution >= 4 is 8.60 Å². The van der Waals surface area contributed by atoms with Crippen LogP contribution in [0.2, 0.25) is 0 Å². The Labute approximate surface area is 408 Å². The number of aliphatic hydroxyl groups excluding tert-OH is 3. The normalized spacial score (nSPS) is 12.6. The Bertz CT molecular complexity index is 844. The molecule has 0 amide bonds. The van der Waals surface area contributed by atoms with E-state index in [0.717, 1.165) is 44.9 Å². The number of hydrogen-bond acceptors (Lipinski definition) is 7. The molecular weight excluding hydrogens is 828 g/mol. The summed E-state index contributed by atoms with van der Waals surface area (Å²) in [6, 6.07) is 0. The van der Waals surface area contributed by atoms with Crippen LogP contribution >= 0.6 is 8.60 Å². The monoisotopic (exact) mass is 947 g/mol. The quantitative estimate of drug-likeness (QED) is 0.0264. The van der Waals surface area contributed by atoms with Gasteiger partial charge in [-0.15, -0.1) is 0 Å². The standard InChI is InChI=1S/C57H116O4.H3O3P/c1-5-9-13-17-21-25-29-33-37-41-45-49-55(60)56(53-58,54-59)57(50-46-42-38-34-30-26-22-18-14-10-6-2,51-47-43-39-35-31-27-23-19-15-11-7-3)61-52-48-44-40-36-32-28-24-20-16-12-8-4;1-4(2)3/h55,58-60H,5-54H2,1-4H3;1-3H. The molecule has 8 heteroatoms. The van der Waals surface area contributed by atoms with E-state index in [4.69, 9.17) is 19.4 Å². The second-order valence-electron chi connectivity index (χ2n) is 20.5. The molecule has 65 heavy (non-hydrogen) atoms. The third-order valence-electron chi connectivity index (χ3n) is 14.7. The van der Waals surface area contributed by atoms with Gasteiger partial charge in [0.2, 0.25) is 0 Å². The van der Waals surface area contributed by atoms with E-state index >= 15 is 0 Å². The second-order valence-corrected chi connectivity index (χ2v) is 21.1. The highest BCUT2D eigenvalue weighted by atomic mass is 31.2. The molecule has 0 aromatic heterocycles. The molecule has 0 fully saturated rings. The predicted octanol–water partition coefficient (Wildman–Crippen LogP) is 17.7. The van der Waals surface area contributed by atoms with Crippen molar-refractivity contribution in [1.29, 1.82) is 0 Å². The molecule has 0 aliphatic carbocycles. The average molecular weight is 948 g/mol. The molecule has 0 saturated carbocycles. The molecule has 0 radical (unpaired) electrons. The summed E-state index contributed by atoms with van der Waals surface area (Å²) in [6.45, 7) is 9.41. The molecule has 6 N–H and O–H groups in total. The second kappa shape index (κ2) is 53.5. The first kappa shape index (κ1) is 67.2. The SMILES string of the molecule is CCCCCCCCCCCCCOC(CCCCCCCCCCCCC)(CCCCCCCCCCCCC)C(CO)(CO)C(O)CCCCCCCCCCCCC.OP(O)O. The fourth-order valence-electron chi connectivity index (χ4n) is 10.2. The molecule has 0 bridgehead atoms. The van der Waals surface area contributed by atoms with Crippen molar-refractivity contribution in [3.63, 3.8) is 0 Å². The molecule has 1 atom stereocenters. The predicted molar refractivity (Wildman–Crippen MR) is 285 cm³/mol. The van der Waals surface area contributed by atoms with Gasteiger partial charge in [-0.05, 0) is 25.7 Å². The summed E-state index contributed by atoms with van der Waals surface area (Å²) >= 11 is 0. The van der Waals surface area contributed by atoms with Gasteiger partial charge < -0.3 is 34.7 Å². The Kier molecular flexibility index (Phi) is 55.3. The van der Waals surface area contributed by atoms with Crippen LogP contribution in [0.3, 0.4) is 0 Å². The number of ether oxygens (including phenoxy) is 1. The fraction of sp³-hybridized carbons (Fsp3) is 1.00. The lowest BCUT2D eigenvalue weighted by atomic mass is 9.63. The Morgan fingerprint density at radius 1 is 0.338 bits per heavy atom. The highest BCUT2D eigenvalue weighted by Crippen LogP contribution is 2.47. The van der Waals surface area contributed by atoms with Crippen LogP contribution in [-0.2, 0) is 4.74 Å². The summed E-state index contributed by atoms with van der Waals surface area (Å²) in [7, 11) is -2.62. The van der Waals surface area contributed by atoms with Gasteiger partial charge in [-0.2, -0.15) is 0 Å². The van der Waals surface area contributed by atoms with Gasteiger partial charge in [0, 0.05) is 6.61 Å².